The molecule has 15 rings (SSSR count). The van der Waals surface area contributed by atoms with E-state index in [2.05, 4.69) is 37.5 Å². The highest BCUT2D eigenvalue weighted by Gasteiger charge is 2.64. The lowest BCUT2D eigenvalue weighted by Crippen LogP contribution is -2.70. The van der Waals surface area contributed by atoms with Gasteiger partial charge in [-0.1, -0.05) is 27.7 Å². The number of nitrogens with zero attached hydrogens (tertiary/aromatic N) is 2. The average Bonchev–Trinajstić information content (AvgIpc) is 3.28. The Bertz CT molecular complexity index is 1360. The Morgan fingerprint density at radius 3 is 0.766 bits per heavy atom. The molecule has 0 amide bonds. The SMILES string of the molecule is CC1CCC(N(C2CCC(C)CC2)C2C3CCC(C45CC6CC(CC(C6)C4)C5)CC3C(N(C3CCC(C)CC3)C3CCC(C)CC3)C3CCC(C45CC6CC(CC(C6)C4)C5)CC32)CC1. The minimum absolute atomic E-state index is 0.733. The van der Waals surface area contributed by atoms with Gasteiger partial charge in [-0.15, -0.1) is 0 Å². The first kappa shape index (κ1) is 43.9. The molecule has 64 heavy (non-hydrogen) atoms. The predicted molar refractivity (Wildman–Crippen MR) is 267 cm³/mol. The van der Waals surface area contributed by atoms with E-state index in [1.165, 1.54) is 103 Å². The summed E-state index contributed by atoms with van der Waals surface area (Å²) in [5.41, 5.74) is 1.47. The molecule has 2 heteroatoms. The molecule has 0 radical (unpaired) electrons. The van der Waals surface area contributed by atoms with Crippen LogP contribution in [-0.2, 0) is 0 Å². The maximum absolute atomic E-state index is 3.62. The van der Waals surface area contributed by atoms with Crippen molar-refractivity contribution in [1.29, 1.82) is 0 Å². The van der Waals surface area contributed by atoms with Crippen molar-refractivity contribution in [2.75, 3.05) is 0 Å². The molecule has 8 atom stereocenters. The molecular weight excluding hydrogens is 773 g/mol. The Kier molecular flexibility index (Phi) is 11.9. The Balaban J connectivity index is 0.931. The van der Waals surface area contributed by atoms with E-state index in [1.807, 2.05) is 0 Å². The van der Waals surface area contributed by atoms with E-state index in [9.17, 15) is 0 Å². The zero-order valence-corrected chi connectivity index (χ0v) is 42.6. The van der Waals surface area contributed by atoms with Crippen LogP contribution in [0, 0.1) is 106 Å². The zero-order chi connectivity index (χ0) is 42.9. The number of rotatable bonds is 8. The Morgan fingerprint density at radius 1 is 0.266 bits per heavy atom. The van der Waals surface area contributed by atoms with Gasteiger partial charge in [0.05, 0.1) is 0 Å². The van der Waals surface area contributed by atoms with Crippen molar-refractivity contribution in [3.8, 4) is 0 Å². The normalized spacial score (nSPS) is 56.9. The summed E-state index contributed by atoms with van der Waals surface area (Å²) in [6, 6.07) is 5.33. The summed E-state index contributed by atoms with van der Waals surface area (Å²) in [7, 11) is 0. The van der Waals surface area contributed by atoms with E-state index in [4.69, 9.17) is 0 Å². The van der Waals surface area contributed by atoms with Gasteiger partial charge < -0.3 is 0 Å². The fourth-order valence-corrected chi connectivity index (χ4v) is 23.8. The molecule has 8 bridgehead atoms. The van der Waals surface area contributed by atoms with Crippen LogP contribution < -0.4 is 0 Å². The van der Waals surface area contributed by atoms with Crippen molar-refractivity contribution in [3.05, 3.63) is 0 Å². The van der Waals surface area contributed by atoms with E-state index < -0.39 is 0 Å². The van der Waals surface area contributed by atoms with Gasteiger partial charge in [0, 0.05) is 36.3 Å². The number of fused-ring (bicyclic) bond motifs is 2. The molecule has 2 nitrogen and oxygen atoms in total. The van der Waals surface area contributed by atoms with Crippen molar-refractivity contribution >= 4 is 0 Å². The monoisotopic (exact) mass is 875 g/mol. The molecule has 15 aliphatic carbocycles. The Morgan fingerprint density at radius 2 is 0.516 bits per heavy atom. The molecule has 0 N–H and O–H groups in total. The van der Waals surface area contributed by atoms with E-state index >= 15 is 0 Å². The first-order valence-corrected chi connectivity index (χ1v) is 30.7. The third-order valence-electron chi connectivity index (χ3n) is 25.9. The average molecular weight is 876 g/mol. The predicted octanol–water partition coefficient (Wildman–Crippen LogP) is 16.2. The minimum Gasteiger partial charge on any atom is -0.294 e. The maximum Gasteiger partial charge on any atom is 0.0164 e. The van der Waals surface area contributed by atoms with Gasteiger partial charge in [0.2, 0.25) is 0 Å². The fourth-order valence-electron chi connectivity index (χ4n) is 23.8. The fraction of sp³-hybridized carbons (Fsp3) is 1.00. The second-order valence-electron chi connectivity index (χ2n) is 29.8. The van der Waals surface area contributed by atoms with Crippen LogP contribution >= 0.6 is 0 Å². The van der Waals surface area contributed by atoms with Crippen molar-refractivity contribution in [1.82, 2.24) is 9.80 Å². The van der Waals surface area contributed by atoms with E-state index in [1.54, 1.807) is 116 Å². The summed E-state index contributed by atoms with van der Waals surface area (Å²) in [6.45, 7) is 10.5. The molecule has 0 aromatic rings. The molecule has 0 aromatic heterocycles. The van der Waals surface area contributed by atoms with Crippen molar-refractivity contribution in [3.63, 3.8) is 0 Å². The van der Waals surface area contributed by atoms with Gasteiger partial charge in [-0.05, 0) is 324 Å². The summed E-state index contributed by atoms with van der Waals surface area (Å²) in [4.78, 5) is 7.23. The Hall–Kier alpha value is -0.0800. The van der Waals surface area contributed by atoms with Gasteiger partial charge >= 0.3 is 0 Å². The van der Waals surface area contributed by atoms with Gasteiger partial charge in [0.25, 0.3) is 0 Å². The first-order chi connectivity index (χ1) is 31.2. The molecular formula is C62H102N2. The van der Waals surface area contributed by atoms with Gasteiger partial charge in [-0.2, -0.15) is 0 Å². The molecule has 0 spiro atoms. The summed E-state index contributed by atoms with van der Waals surface area (Å²) in [5.74, 6) is 16.4. The summed E-state index contributed by atoms with van der Waals surface area (Å²) >= 11 is 0. The van der Waals surface area contributed by atoms with Crippen LogP contribution in [-0.4, -0.2) is 46.1 Å². The second kappa shape index (κ2) is 17.3. The highest BCUT2D eigenvalue weighted by atomic mass is 15.3. The highest BCUT2D eigenvalue weighted by molar-refractivity contribution is 5.16. The molecule has 15 fully saturated rings. The molecule has 15 saturated carbocycles. The lowest BCUT2D eigenvalue weighted by atomic mass is 9.41. The van der Waals surface area contributed by atoms with Gasteiger partial charge in [-0.3, -0.25) is 9.80 Å². The van der Waals surface area contributed by atoms with Crippen LogP contribution in [0.25, 0.3) is 0 Å². The van der Waals surface area contributed by atoms with Crippen LogP contribution in [0.4, 0.5) is 0 Å². The van der Waals surface area contributed by atoms with Crippen molar-refractivity contribution < 1.29 is 0 Å². The molecule has 0 heterocycles. The highest BCUT2D eigenvalue weighted by Crippen LogP contribution is 2.70. The van der Waals surface area contributed by atoms with Crippen LogP contribution in [0.5, 0.6) is 0 Å². The van der Waals surface area contributed by atoms with Gasteiger partial charge in [-0.25, -0.2) is 0 Å². The second-order valence-corrected chi connectivity index (χ2v) is 29.8. The minimum atomic E-state index is 0.733. The number of hydrogen-bond acceptors (Lipinski definition) is 2. The third kappa shape index (κ3) is 7.77. The molecule has 0 saturated heterocycles. The van der Waals surface area contributed by atoms with Crippen LogP contribution in [0.3, 0.4) is 0 Å². The third-order valence-corrected chi connectivity index (χ3v) is 25.9. The quantitative estimate of drug-likeness (QED) is 0.240. The van der Waals surface area contributed by atoms with E-state index in [0.717, 1.165) is 142 Å². The van der Waals surface area contributed by atoms with Crippen molar-refractivity contribution in [2.24, 2.45) is 106 Å². The smallest absolute Gasteiger partial charge is 0.0164 e. The Labute approximate surface area is 395 Å². The summed E-state index contributed by atoms with van der Waals surface area (Å²) in [6.07, 6.45) is 53.9. The van der Waals surface area contributed by atoms with Crippen LogP contribution in [0.2, 0.25) is 0 Å². The molecule has 15 aliphatic rings. The lowest BCUT2D eigenvalue weighted by Gasteiger charge is -2.68. The van der Waals surface area contributed by atoms with Gasteiger partial charge in [0.15, 0.2) is 0 Å². The summed E-state index contributed by atoms with van der Waals surface area (Å²) < 4.78 is 0. The van der Waals surface area contributed by atoms with Crippen LogP contribution in [0.1, 0.15) is 246 Å². The molecule has 360 valence electrons. The topological polar surface area (TPSA) is 6.48 Å². The molecule has 0 aromatic carbocycles. The first-order valence-electron chi connectivity index (χ1n) is 30.7. The van der Waals surface area contributed by atoms with Crippen LogP contribution in [0.15, 0.2) is 0 Å². The molecule has 8 unspecified atom stereocenters. The van der Waals surface area contributed by atoms with Crippen molar-refractivity contribution in [2.45, 2.75) is 282 Å². The lowest BCUT2D eigenvalue weighted by molar-refractivity contribution is -0.185. The maximum atomic E-state index is 3.62. The van der Waals surface area contributed by atoms with E-state index in [0.29, 0.717) is 0 Å². The largest absolute Gasteiger partial charge is 0.294 e. The molecule has 0 aliphatic heterocycles. The van der Waals surface area contributed by atoms with E-state index in [-0.39, 0.29) is 0 Å². The summed E-state index contributed by atoms with van der Waals surface area (Å²) in [5, 5.41) is 0. The zero-order valence-electron chi connectivity index (χ0n) is 42.6. The standard InChI is InChI=1S/C62H102N2/c1-39-5-15-51(16-6-39)63(52-17-7-40(2)8-18-52)59-55-23-13-50(62-36-46-28-47(37-62)30-48(29-46)38-62)32-58(55)60(64(53-19-9-41(3)10-20-53)54-21-11-42(4)12-22-54)56-24-14-49(31-57(56)59)61-33-43-25-44(34-61)27-45(26-43)35-61/h39-60H,5-38H2,1-4H3. The van der Waals surface area contributed by atoms with Gasteiger partial charge in [0.1, 0.15) is 0 Å². The number of hydrogen-bond donors (Lipinski definition) is 0.